The van der Waals surface area contributed by atoms with Crippen molar-refractivity contribution in [3.63, 3.8) is 0 Å². The summed E-state index contributed by atoms with van der Waals surface area (Å²) in [7, 11) is 5.35. The van der Waals surface area contributed by atoms with Crippen LogP contribution in [0, 0.1) is 0 Å². The van der Waals surface area contributed by atoms with Gasteiger partial charge in [0, 0.05) is 50.2 Å². The Kier molecular flexibility index (Phi) is 7.67. The number of rotatable bonds is 8. The van der Waals surface area contributed by atoms with Gasteiger partial charge in [0.15, 0.2) is 11.5 Å². The van der Waals surface area contributed by atoms with E-state index in [1.807, 2.05) is 12.1 Å². The Morgan fingerprint density at radius 3 is 2.27 bits per heavy atom. The van der Waals surface area contributed by atoms with Crippen LogP contribution >= 0.6 is 0 Å². The highest BCUT2D eigenvalue weighted by molar-refractivity contribution is 5.91. The molecule has 37 heavy (non-hydrogen) atoms. The standard InChI is InChI=1S/C29H40N6O2/c1-33(28-31-24-19-26(37-3)25(36-2)18-23(24)27(30)32-28)21-29(35-14-8-5-9-15-35)12-16-34(17-13-29)20-22-10-6-4-7-11-22/h4,6-7,10-11,18-19H,5,8-9,12-17,20-21H2,1-3H3,(H2,30,31,32). The van der Waals surface area contributed by atoms with Gasteiger partial charge in [0.1, 0.15) is 5.82 Å². The maximum atomic E-state index is 6.42. The van der Waals surface area contributed by atoms with E-state index < -0.39 is 0 Å². The highest BCUT2D eigenvalue weighted by Crippen LogP contribution is 2.36. The molecule has 2 N–H and O–H groups in total. The molecule has 0 atom stereocenters. The van der Waals surface area contributed by atoms with Crippen LogP contribution in [0.5, 0.6) is 11.5 Å². The van der Waals surface area contributed by atoms with Crippen molar-refractivity contribution in [2.45, 2.75) is 44.2 Å². The van der Waals surface area contributed by atoms with Crippen LogP contribution in [0.1, 0.15) is 37.7 Å². The molecule has 0 amide bonds. The lowest BCUT2D eigenvalue weighted by atomic mass is 9.83. The topological polar surface area (TPSA) is 80.0 Å². The number of likely N-dealkylation sites (tertiary alicyclic amines) is 2. The Balaban J connectivity index is 1.38. The predicted octanol–water partition coefficient (Wildman–Crippen LogP) is 4.19. The molecular formula is C29H40N6O2. The minimum Gasteiger partial charge on any atom is -0.493 e. The number of nitrogen functional groups attached to an aromatic ring is 1. The Morgan fingerprint density at radius 2 is 1.59 bits per heavy atom. The third-order valence-corrected chi connectivity index (χ3v) is 8.15. The molecule has 0 saturated carbocycles. The number of nitrogens with two attached hydrogens (primary N) is 1. The highest BCUT2D eigenvalue weighted by atomic mass is 16.5. The summed E-state index contributed by atoms with van der Waals surface area (Å²) < 4.78 is 11.0. The smallest absolute Gasteiger partial charge is 0.227 e. The fraction of sp³-hybridized carbons (Fsp3) is 0.517. The van der Waals surface area contributed by atoms with Crippen LogP contribution in [-0.4, -0.2) is 79.3 Å². The number of piperidine rings is 2. The van der Waals surface area contributed by atoms with Crippen molar-refractivity contribution >= 4 is 22.7 Å². The minimum absolute atomic E-state index is 0.104. The number of nitrogens with zero attached hydrogens (tertiary/aromatic N) is 5. The quantitative estimate of drug-likeness (QED) is 0.489. The molecular weight excluding hydrogens is 464 g/mol. The molecule has 2 aliphatic rings. The first-order valence-corrected chi connectivity index (χ1v) is 13.4. The van der Waals surface area contributed by atoms with E-state index in [1.54, 1.807) is 14.2 Å². The summed E-state index contributed by atoms with van der Waals surface area (Å²) >= 11 is 0. The number of likely N-dealkylation sites (N-methyl/N-ethyl adjacent to an activating group) is 1. The number of hydrogen-bond acceptors (Lipinski definition) is 8. The van der Waals surface area contributed by atoms with Crippen molar-refractivity contribution in [1.82, 2.24) is 19.8 Å². The van der Waals surface area contributed by atoms with Crippen molar-refractivity contribution in [1.29, 1.82) is 0 Å². The van der Waals surface area contributed by atoms with Gasteiger partial charge < -0.3 is 20.1 Å². The van der Waals surface area contributed by atoms with Crippen LogP contribution in [0.4, 0.5) is 11.8 Å². The molecule has 0 radical (unpaired) electrons. The molecule has 5 rings (SSSR count). The molecule has 2 aromatic carbocycles. The van der Waals surface area contributed by atoms with Gasteiger partial charge in [-0.25, -0.2) is 4.98 Å². The summed E-state index contributed by atoms with van der Waals surface area (Å²) in [5.74, 6) is 2.37. The van der Waals surface area contributed by atoms with E-state index in [-0.39, 0.29) is 5.54 Å². The van der Waals surface area contributed by atoms with Gasteiger partial charge in [-0.05, 0) is 50.4 Å². The van der Waals surface area contributed by atoms with Crippen LogP contribution in [0.25, 0.3) is 10.9 Å². The molecule has 2 saturated heterocycles. The fourth-order valence-corrected chi connectivity index (χ4v) is 6.06. The largest absolute Gasteiger partial charge is 0.493 e. The SMILES string of the molecule is COc1cc2nc(N(C)CC3(N4CCCCC4)CCN(Cc4ccccc4)CC3)nc(N)c2cc1OC. The van der Waals surface area contributed by atoms with Crippen LogP contribution < -0.4 is 20.1 Å². The number of benzene rings is 2. The molecule has 1 aromatic heterocycles. The first kappa shape index (κ1) is 25.5. The number of hydrogen-bond donors (Lipinski definition) is 1. The number of aromatic nitrogens is 2. The van der Waals surface area contributed by atoms with Gasteiger partial charge in [-0.2, -0.15) is 4.98 Å². The maximum Gasteiger partial charge on any atom is 0.227 e. The Morgan fingerprint density at radius 1 is 0.919 bits per heavy atom. The van der Waals surface area contributed by atoms with Gasteiger partial charge in [-0.1, -0.05) is 36.8 Å². The summed E-state index contributed by atoms with van der Waals surface area (Å²) in [5, 5.41) is 0.773. The van der Waals surface area contributed by atoms with Crippen molar-refractivity contribution < 1.29 is 9.47 Å². The molecule has 0 bridgehead atoms. The number of fused-ring (bicyclic) bond motifs is 1. The monoisotopic (exact) mass is 504 g/mol. The molecule has 0 spiro atoms. The summed E-state index contributed by atoms with van der Waals surface area (Å²) in [6.07, 6.45) is 6.16. The first-order chi connectivity index (χ1) is 18.0. The van der Waals surface area contributed by atoms with Crippen molar-refractivity contribution in [2.24, 2.45) is 0 Å². The average molecular weight is 505 g/mol. The van der Waals surface area contributed by atoms with Gasteiger partial charge >= 0.3 is 0 Å². The first-order valence-electron chi connectivity index (χ1n) is 13.4. The summed E-state index contributed by atoms with van der Waals surface area (Å²) in [4.78, 5) is 17.2. The van der Waals surface area contributed by atoms with Crippen LogP contribution in [0.3, 0.4) is 0 Å². The van der Waals surface area contributed by atoms with E-state index in [1.165, 1.54) is 37.9 Å². The van der Waals surface area contributed by atoms with Gasteiger partial charge in [0.2, 0.25) is 5.95 Å². The van der Waals surface area contributed by atoms with Crippen LogP contribution in [0.15, 0.2) is 42.5 Å². The van der Waals surface area contributed by atoms with Crippen molar-refractivity contribution in [3.05, 3.63) is 48.0 Å². The van der Waals surface area contributed by atoms with E-state index in [4.69, 9.17) is 25.2 Å². The Bertz CT molecular complexity index is 1190. The molecule has 8 heteroatoms. The number of anilines is 2. The zero-order valence-electron chi connectivity index (χ0n) is 22.4. The second-order valence-corrected chi connectivity index (χ2v) is 10.5. The zero-order chi connectivity index (χ0) is 25.8. The third-order valence-electron chi connectivity index (χ3n) is 8.15. The lowest BCUT2D eigenvalue weighted by Crippen LogP contribution is -2.61. The normalized spacial score (nSPS) is 18.6. The number of methoxy groups -OCH3 is 2. The maximum absolute atomic E-state index is 6.42. The summed E-state index contributed by atoms with van der Waals surface area (Å²) in [5.41, 5.74) is 8.67. The van der Waals surface area contributed by atoms with E-state index in [9.17, 15) is 0 Å². The molecule has 2 fully saturated rings. The van der Waals surface area contributed by atoms with E-state index in [2.05, 4.69) is 52.1 Å². The fourth-order valence-electron chi connectivity index (χ4n) is 6.06. The minimum atomic E-state index is 0.104. The second kappa shape index (κ2) is 11.1. The molecule has 2 aliphatic heterocycles. The van der Waals surface area contributed by atoms with Crippen molar-refractivity contribution in [3.8, 4) is 11.5 Å². The van der Waals surface area contributed by atoms with Gasteiger partial charge in [0.05, 0.1) is 19.7 Å². The van der Waals surface area contributed by atoms with Gasteiger partial charge in [-0.3, -0.25) is 9.80 Å². The molecule has 198 valence electrons. The Hall–Kier alpha value is -3.10. The summed E-state index contributed by atoms with van der Waals surface area (Å²) in [6.45, 7) is 6.43. The van der Waals surface area contributed by atoms with Crippen LogP contribution in [0.2, 0.25) is 0 Å². The molecule has 3 aromatic rings. The second-order valence-electron chi connectivity index (χ2n) is 10.5. The summed E-state index contributed by atoms with van der Waals surface area (Å²) in [6, 6.07) is 14.5. The Labute approximate surface area is 220 Å². The third kappa shape index (κ3) is 5.45. The molecule has 3 heterocycles. The lowest BCUT2D eigenvalue weighted by Gasteiger charge is -2.51. The van der Waals surface area contributed by atoms with E-state index >= 15 is 0 Å². The zero-order valence-corrected chi connectivity index (χ0v) is 22.4. The molecule has 0 aliphatic carbocycles. The van der Waals surface area contributed by atoms with Crippen LogP contribution in [-0.2, 0) is 6.54 Å². The molecule has 0 unspecified atom stereocenters. The number of ether oxygens (including phenoxy) is 2. The van der Waals surface area contributed by atoms with Gasteiger partial charge in [0.25, 0.3) is 0 Å². The van der Waals surface area contributed by atoms with E-state index in [0.29, 0.717) is 23.3 Å². The van der Waals surface area contributed by atoms with Gasteiger partial charge in [-0.15, -0.1) is 0 Å². The van der Waals surface area contributed by atoms with Crippen molar-refractivity contribution in [2.75, 3.05) is 64.6 Å². The molecule has 8 nitrogen and oxygen atoms in total. The predicted molar refractivity (Wildman–Crippen MR) is 149 cm³/mol. The lowest BCUT2D eigenvalue weighted by molar-refractivity contribution is 0.0115. The highest BCUT2D eigenvalue weighted by Gasteiger charge is 2.41. The van der Waals surface area contributed by atoms with E-state index in [0.717, 1.165) is 49.9 Å². The average Bonchev–Trinajstić information content (AvgIpc) is 2.94.